The second-order valence-electron chi connectivity index (χ2n) is 4.52. The summed E-state index contributed by atoms with van der Waals surface area (Å²) in [5.41, 5.74) is 8.91. The molecule has 1 aromatic rings. The van der Waals surface area contributed by atoms with Crippen LogP contribution in [0.15, 0.2) is 24.3 Å². The van der Waals surface area contributed by atoms with Crippen molar-refractivity contribution in [1.29, 1.82) is 0 Å². The van der Waals surface area contributed by atoms with Gasteiger partial charge in [-0.1, -0.05) is 31.2 Å². The monoisotopic (exact) mass is 251 g/mol. The molecule has 94 valence electrons. The van der Waals surface area contributed by atoms with Crippen LogP contribution in [0.1, 0.15) is 18.1 Å². The van der Waals surface area contributed by atoms with Crippen LogP contribution in [-0.2, 0) is 17.6 Å². The zero-order chi connectivity index (χ0) is 12.1. The zero-order valence-electron chi connectivity index (χ0n) is 10.4. The van der Waals surface area contributed by atoms with Gasteiger partial charge in [-0.15, -0.1) is 0 Å². The van der Waals surface area contributed by atoms with E-state index in [0.29, 0.717) is 0 Å². The molecule has 1 aliphatic rings. The van der Waals surface area contributed by atoms with Crippen molar-refractivity contribution in [2.24, 2.45) is 5.73 Å². The average Bonchev–Trinajstić information content (AvgIpc) is 2.40. The first-order valence-electron chi connectivity index (χ1n) is 6.32. The Kier molecular flexibility index (Phi) is 4.89. The minimum atomic E-state index is 0.121. The van der Waals surface area contributed by atoms with Gasteiger partial charge in [0.05, 0.1) is 12.7 Å². The number of thioether (sulfide) groups is 1. The summed E-state index contributed by atoms with van der Waals surface area (Å²) in [6.07, 6.45) is 2.23. The fourth-order valence-corrected chi connectivity index (χ4v) is 3.02. The first-order chi connectivity index (χ1) is 8.29. The third-order valence-electron chi connectivity index (χ3n) is 3.22. The van der Waals surface area contributed by atoms with E-state index in [1.54, 1.807) is 0 Å². The first-order valence-corrected chi connectivity index (χ1v) is 7.48. The van der Waals surface area contributed by atoms with Gasteiger partial charge in [0.25, 0.3) is 0 Å². The lowest BCUT2D eigenvalue weighted by Gasteiger charge is -2.27. The number of hydrogen-bond acceptors (Lipinski definition) is 3. The van der Waals surface area contributed by atoms with Crippen molar-refractivity contribution in [1.82, 2.24) is 0 Å². The van der Waals surface area contributed by atoms with E-state index in [1.165, 1.54) is 11.1 Å². The van der Waals surface area contributed by atoms with Crippen molar-refractivity contribution in [3.8, 4) is 0 Å². The second kappa shape index (κ2) is 6.43. The highest BCUT2D eigenvalue weighted by atomic mass is 32.2. The molecule has 17 heavy (non-hydrogen) atoms. The SMILES string of the molecule is CCc1ccc(CC(N)C2CSCCO2)cc1. The fraction of sp³-hybridized carbons (Fsp3) is 0.571. The molecule has 1 aromatic carbocycles. The number of hydrogen-bond donors (Lipinski definition) is 1. The molecule has 1 fully saturated rings. The van der Waals surface area contributed by atoms with Crippen molar-refractivity contribution in [2.45, 2.75) is 31.9 Å². The lowest BCUT2D eigenvalue weighted by Crippen LogP contribution is -2.42. The summed E-state index contributed by atoms with van der Waals surface area (Å²) in [4.78, 5) is 0. The number of nitrogens with two attached hydrogens (primary N) is 1. The Bertz CT molecular complexity index is 333. The Hall–Kier alpha value is -0.510. The lowest BCUT2D eigenvalue weighted by molar-refractivity contribution is 0.0572. The average molecular weight is 251 g/mol. The summed E-state index contributed by atoms with van der Waals surface area (Å²) < 4.78 is 5.71. The first kappa shape index (κ1) is 12.9. The molecule has 2 atom stereocenters. The van der Waals surface area contributed by atoms with Gasteiger partial charge in [-0.2, -0.15) is 11.8 Å². The molecular weight excluding hydrogens is 230 g/mol. The lowest BCUT2D eigenvalue weighted by atomic mass is 10.0. The van der Waals surface area contributed by atoms with E-state index in [9.17, 15) is 0 Å². The summed E-state index contributed by atoms with van der Waals surface area (Å²) in [5.74, 6) is 2.14. The number of benzene rings is 1. The highest BCUT2D eigenvalue weighted by molar-refractivity contribution is 7.99. The van der Waals surface area contributed by atoms with Gasteiger partial charge >= 0.3 is 0 Å². The van der Waals surface area contributed by atoms with Gasteiger partial charge in [0.2, 0.25) is 0 Å². The van der Waals surface area contributed by atoms with Gasteiger partial charge in [0, 0.05) is 17.5 Å². The van der Waals surface area contributed by atoms with E-state index in [0.717, 1.165) is 31.0 Å². The molecule has 1 heterocycles. The van der Waals surface area contributed by atoms with Gasteiger partial charge in [0.15, 0.2) is 0 Å². The second-order valence-corrected chi connectivity index (χ2v) is 5.67. The Morgan fingerprint density at radius 3 is 2.65 bits per heavy atom. The predicted octanol–water partition coefficient (Wildman–Crippen LogP) is 2.25. The molecule has 0 saturated carbocycles. The number of ether oxygens (including phenoxy) is 1. The molecule has 0 bridgehead atoms. The molecule has 0 radical (unpaired) electrons. The molecule has 2 unspecified atom stereocenters. The third kappa shape index (κ3) is 3.73. The van der Waals surface area contributed by atoms with E-state index in [1.807, 2.05) is 11.8 Å². The molecule has 0 amide bonds. The molecule has 1 aliphatic heterocycles. The topological polar surface area (TPSA) is 35.2 Å². The van der Waals surface area contributed by atoms with Crippen LogP contribution in [0.3, 0.4) is 0 Å². The molecule has 0 spiro atoms. The Morgan fingerprint density at radius 2 is 2.06 bits per heavy atom. The third-order valence-corrected chi connectivity index (χ3v) is 4.24. The Morgan fingerprint density at radius 1 is 1.35 bits per heavy atom. The summed E-state index contributed by atoms with van der Waals surface area (Å²) in [7, 11) is 0. The number of rotatable bonds is 4. The Balaban J connectivity index is 1.89. The number of aryl methyl sites for hydroxylation is 1. The minimum Gasteiger partial charge on any atom is -0.375 e. The predicted molar refractivity (Wildman–Crippen MR) is 74.6 cm³/mol. The highest BCUT2D eigenvalue weighted by Gasteiger charge is 2.21. The summed E-state index contributed by atoms with van der Waals surface area (Å²) in [6, 6.07) is 8.88. The van der Waals surface area contributed by atoms with E-state index >= 15 is 0 Å². The van der Waals surface area contributed by atoms with Gasteiger partial charge in [0.1, 0.15) is 0 Å². The van der Waals surface area contributed by atoms with E-state index < -0.39 is 0 Å². The standard InChI is InChI=1S/C14H21NOS/c1-2-11-3-5-12(6-4-11)9-13(15)14-10-17-8-7-16-14/h3-6,13-14H,2,7-10,15H2,1H3. The quantitative estimate of drug-likeness (QED) is 0.891. The largest absolute Gasteiger partial charge is 0.375 e. The molecular formula is C14H21NOS. The van der Waals surface area contributed by atoms with Gasteiger partial charge in [-0.25, -0.2) is 0 Å². The molecule has 2 rings (SSSR count). The van der Waals surface area contributed by atoms with Crippen LogP contribution >= 0.6 is 11.8 Å². The maximum Gasteiger partial charge on any atom is 0.0819 e. The highest BCUT2D eigenvalue weighted by Crippen LogP contribution is 2.17. The molecule has 1 saturated heterocycles. The van der Waals surface area contributed by atoms with Crippen LogP contribution in [0.2, 0.25) is 0 Å². The molecule has 0 aliphatic carbocycles. The summed E-state index contributed by atoms with van der Waals surface area (Å²) in [5, 5.41) is 0. The molecule has 2 nitrogen and oxygen atoms in total. The van der Waals surface area contributed by atoms with Crippen LogP contribution in [0.4, 0.5) is 0 Å². The van der Waals surface area contributed by atoms with Crippen LogP contribution in [-0.4, -0.2) is 30.3 Å². The van der Waals surface area contributed by atoms with Crippen LogP contribution in [0.5, 0.6) is 0 Å². The van der Waals surface area contributed by atoms with Crippen LogP contribution in [0.25, 0.3) is 0 Å². The van der Waals surface area contributed by atoms with Gasteiger partial charge < -0.3 is 10.5 Å². The maximum atomic E-state index is 6.21. The minimum absolute atomic E-state index is 0.121. The van der Waals surface area contributed by atoms with Crippen LogP contribution < -0.4 is 5.73 Å². The van der Waals surface area contributed by atoms with E-state index in [-0.39, 0.29) is 12.1 Å². The molecule has 0 aromatic heterocycles. The Labute approximate surface area is 108 Å². The van der Waals surface area contributed by atoms with Crippen molar-refractivity contribution in [3.05, 3.63) is 35.4 Å². The smallest absolute Gasteiger partial charge is 0.0819 e. The van der Waals surface area contributed by atoms with Gasteiger partial charge in [-0.3, -0.25) is 0 Å². The van der Waals surface area contributed by atoms with Crippen molar-refractivity contribution < 1.29 is 4.74 Å². The van der Waals surface area contributed by atoms with Crippen LogP contribution in [0, 0.1) is 0 Å². The van der Waals surface area contributed by atoms with Gasteiger partial charge in [-0.05, 0) is 24.0 Å². The fourth-order valence-electron chi connectivity index (χ4n) is 2.07. The summed E-state index contributed by atoms with van der Waals surface area (Å²) in [6.45, 7) is 3.02. The molecule has 3 heteroatoms. The normalized spacial score (nSPS) is 22.4. The summed E-state index contributed by atoms with van der Waals surface area (Å²) >= 11 is 1.94. The van der Waals surface area contributed by atoms with Crippen molar-refractivity contribution >= 4 is 11.8 Å². The molecule has 2 N–H and O–H groups in total. The van der Waals surface area contributed by atoms with Crippen molar-refractivity contribution in [3.63, 3.8) is 0 Å². The van der Waals surface area contributed by atoms with E-state index in [4.69, 9.17) is 10.5 Å². The zero-order valence-corrected chi connectivity index (χ0v) is 11.2. The van der Waals surface area contributed by atoms with Crippen molar-refractivity contribution in [2.75, 3.05) is 18.1 Å². The van der Waals surface area contributed by atoms with E-state index in [2.05, 4.69) is 31.2 Å². The maximum absolute atomic E-state index is 6.21.